The molecule has 0 spiro atoms. The van der Waals surface area contributed by atoms with E-state index in [2.05, 4.69) is 20.8 Å². The Bertz CT molecular complexity index is 632. The number of nitrogens with one attached hydrogen (secondary N) is 1. The summed E-state index contributed by atoms with van der Waals surface area (Å²) in [5.41, 5.74) is 1.57. The molecule has 1 aromatic carbocycles. The molecule has 22 heavy (non-hydrogen) atoms. The molecule has 8 heteroatoms. The number of carbonyl (C=O) groups is 1. The van der Waals surface area contributed by atoms with Crippen LogP contribution in [-0.4, -0.2) is 57.2 Å². The second-order valence-corrected chi connectivity index (χ2v) is 5.69. The van der Waals surface area contributed by atoms with E-state index in [1.54, 1.807) is 4.68 Å². The van der Waals surface area contributed by atoms with E-state index < -0.39 is 0 Å². The van der Waals surface area contributed by atoms with Gasteiger partial charge in [-0.05, 0) is 46.5 Å². The molecular weight excluding hydrogens is 304 g/mol. The van der Waals surface area contributed by atoms with E-state index in [1.165, 1.54) is 6.33 Å². The number of aromatic nitrogens is 4. The number of benzene rings is 1. The Balaban J connectivity index is 0.00000144. The second-order valence-electron chi connectivity index (χ2n) is 5.69. The zero-order valence-electron chi connectivity index (χ0n) is 11.9. The highest BCUT2D eigenvalue weighted by Gasteiger charge is 2.38. The van der Waals surface area contributed by atoms with Crippen LogP contribution in [-0.2, 0) is 0 Å². The summed E-state index contributed by atoms with van der Waals surface area (Å²) in [5.74, 6) is 1.36. The second kappa shape index (κ2) is 6.02. The van der Waals surface area contributed by atoms with Crippen LogP contribution < -0.4 is 5.32 Å². The van der Waals surface area contributed by atoms with Gasteiger partial charge in [0.15, 0.2) is 0 Å². The molecule has 0 unspecified atom stereocenters. The lowest BCUT2D eigenvalue weighted by Gasteiger charge is -2.17. The van der Waals surface area contributed by atoms with Gasteiger partial charge in [-0.25, -0.2) is 4.68 Å². The van der Waals surface area contributed by atoms with Gasteiger partial charge in [0.1, 0.15) is 6.33 Å². The largest absolute Gasteiger partial charge is 0.338 e. The number of halogens is 1. The topological polar surface area (TPSA) is 75.9 Å². The molecule has 1 N–H and O–H groups in total. The minimum Gasteiger partial charge on any atom is -0.338 e. The van der Waals surface area contributed by atoms with Crippen molar-refractivity contribution < 1.29 is 4.79 Å². The Kier molecular flexibility index (Phi) is 4.08. The molecule has 2 fully saturated rings. The van der Waals surface area contributed by atoms with Crippen molar-refractivity contribution in [1.82, 2.24) is 30.4 Å². The number of hydrogen-bond acceptors (Lipinski definition) is 5. The molecule has 0 saturated carbocycles. The summed E-state index contributed by atoms with van der Waals surface area (Å²) in [7, 11) is 0. The number of nitrogens with zero attached hydrogens (tertiary/aromatic N) is 5. The van der Waals surface area contributed by atoms with E-state index in [9.17, 15) is 4.79 Å². The summed E-state index contributed by atoms with van der Waals surface area (Å²) in [6, 6.07) is 7.40. The third-order valence-electron chi connectivity index (χ3n) is 4.40. The molecule has 2 saturated heterocycles. The Morgan fingerprint density at radius 3 is 2.41 bits per heavy atom. The quantitative estimate of drug-likeness (QED) is 0.865. The van der Waals surface area contributed by atoms with Crippen molar-refractivity contribution in [3.05, 3.63) is 36.2 Å². The molecule has 2 aliphatic rings. The lowest BCUT2D eigenvalue weighted by Crippen LogP contribution is -2.31. The van der Waals surface area contributed by atoms with E-state index >= 15 is 0 Å². The third-order valence-corrected chi connectivity index (χ3v) is 4.40. The lowest BCUT2D eigenvalue weighted by atomic mass is 10.0. The third kappa shape index (κ3) is 2.57. The molecule has 0 radical (unpaired) electrons. The highest BCUT2D eigenvalue weighted by molar-refractivity contribution is 5.94. The van der Waals surface area contributed by atoms with Gasteiger partial charge < -0.3 is 10.2 Å². The number of hydrogen-bond donors (Lipinski definition) is 1. The molecule has 1 amide bonds. The Labute approximate surface area is 134 Å². The fraction of sp³-hybridized carbons (Fsp3) is 0.429. The molecule has 0 bridgehead atoms. The van der Waals surface area contributed by atoms with Crippen LogP contribution in [0.15, 0.2) is 30.6 Å². The monoisotopic (exact) mass is 320 g/mol. The Hall–Kier alpha value is -1.99. The maximum absolute atomic E-state index is 12.5. The molecule has 2 aromatic rings. The number of fused-ring (bicyclic) bond motifs is 1. The van der Waals surface area contributed by atoms with Gasteiger partial charge in [0.2, 0.25) is 0 Å². The summed E-state index contributed by atoms with van der Waals surface area (Å²) >= 11 is 0. The van der Waals surface area contributed by atoms with E-state index in [0.29, 0.717) is 11.8 Å². The van der Waals surface area contributed by atoms with Crippen LogP contribution in [0.1, 0.15) is 10.4 Å². The standard InChI is InChI=1S/C14H16N6O.ClH/c21-14(19-7-11-5-15-6-12(11)8-19)10-1-3-13(4-2-10)20-9-16-17-18-20;/h1-4,9,11-12,15H,5-8H2;1H/t11-,12+;. The lowest BCUT2D eigenvalue weighted by molar-refractivity contribution is 0.0781. The van der Waals surface area contributed by atoms with Crippen molar-refractivity contribution in [2.75, 3.05) is 26.2 Å². The van der Waals surface area contributed by atoms with Gasteiger partial charge in [-0.2, -0.15) is 0 Å². The molecule has 0 aliphatic carbocycles. The minimum atomic E-state index is 0. The fourth-order valence-corrected chi connectivity index (χ4v) is 3.24. The van der Waals surface area contributed by atoms with Crippen molar-refractivity contribution in [2.24, 2.45) is 11.8 Å². The first kappa shape index (κ1) is 14.9. The number of likely N-dealkylation sites (tertiary alicyclic amines) is 1. The van der Waals surface area contributed by atoms with Crippen LogP contribution in [0.3, 0.4) is 0 Å². The number of amides is 1. The van der Waals surface area contributed by atoms with Gasteiger partial charge in [-0.1, -0.05) is 0 Å². The summed E-state index contributed by atoms with van der Waals surface area (Å²) < 4.78 is 1.57. The van der Waals surface area contributed by atoms with Crippen molar-refractivity contribution in [2.45, 2.75) is 0 Å². The van der Waals surface area contributed by atoms with Crippen molar-refractivity contribution in [3.63, 3.8) is 0 Å². The first-order valence-electron chi connectivity index (χ1n) is 7.14. The number of tetrazole rings is 1. The van der Waals surface area contributed by atoms with Crippen LogP contribution in [0.5, 0.6) is 0 Å². The predicted molar refractivity (Wildman–Crippen MR) is 82.2 cm³/mol. The normalized spacial score (nSPS) is 23.2. The van der Waals surface area contributed by atoms with Crippen LogP contribution in [0, 0.1) is 11.8 Å². The van der Waals surface area contributed by atoms with Crippen LogP contribution in [0.2, 0.25) is 0 Å². The molecular formula is C14H17ClN6O. The molecule has 116 valence electrons. The van der Waals surface area contributed by atoms with Crippen LogP contribution >= 0.6 is 12.4 Å². The van der Waals surface area contributed by atoms with Crippen molar-refractivity contribution in [1.29, 1.82) is 0 Å². The average Bonchev–Trinajstić information content (AvgIpc) is 3.23. The molecule has 7 nitrogen and oxygen atoms in total. The maximum Gasteiger partial charge on any atom is 0.253 e. The van der Waals surface area contributed by atoms with E-state index in [1.807, 2.05) is 29.2 Å². The molecule has 3 heterocycles. The summed E-state index contributed by atoms with van der Waals surface area (Å²) in [5, 5.41) is 14.4. The minimum absolute atomic E-state index is 0. The van der Waals surface area contributed by atoms with E-state index in [0.717, 1.165) is 37.4 Å². The van der Waals surface area contributed by atoms with Gasteiger partial charge in [-0.3, -0.25) is 4.79 Å². The zero-order chi connectivity index (χ0) is 14.2. The number of carbonyl (C=O) groups excluding carboxylic acids is 1. The van der Waals surface area contributed by atoms with Crippen molar-refractivity contribution in [3.8, 4) is 5.69 Å². The molecule has 2 aliphatic heterocycles. The predicted octanol–water partition coefficient (Wildman–Crippen LogP) is 0.375. The van der Waals surface area contributed by atoms with Gasteiger partial charge in [-0.15, -0.1) is 17.5 Å². The summed E-state index contributed by atoms with van der Waals surface area (Å²) in [6.07, 6.45) is 1.53. The zero-order valence-corrected chi connectivity index (χ0v) is 12.7. The van der Waals surface area contributed by atoms with Crippen LogP contribution in [0.4, 0.5) is 0 Å². The maximum atomic E-state index is 12.5. The van der Waals surface area contributed by atoms with Gasteiger partial charge in [0.25, 0.3) is 5.91 Å². The fourth-order valence-electron chi connectivity index (χ4n) is 3.24. The van der Waals surface area contributed by atoms with Gasteiger partial charge >= 0.3 is 0 Å². The van der Waals surface area contributed by atoms with E-state index in [4.69, 9.17) is 0 Å². The van der Waals surface area contributed by atoms with Crippen LogP contribution in [0.25, 0.3) is 5.69 Å². The van der Waals surface area contributed by atoms with Crippen molar-refractivity contribution >= 4 is 18.3 Å². The molecule has 4 rings (SSSR count). The highest BCUT2D eigenvalue weighted by Crippen LogP contribution is 2.27. The summed E-state index contributed by atoms with van der Waals surface area (Å²) in [4.78, 5) is 14.5. The SMILES string of the molecule is Cl.O=C(c1ccc(-n2cnnn2)cc1)N1C[C@H]2CNC[C@H]2C1. The Morgan fingerprint density at radius 2 is 1.82 bits per heavy atom. The highest BCUT2D eigenvalue weighted by atomic mass is 35.5. The molecule has 1 aromatic heterocycles. The average molecular weight is 321 g/mol. The van der Waals surface area contributed by atoms with E-state index in [-0.39, 0.29) is 18.3 Å². The first-order chi connectivity index (χ1) is 10.3. The number of rotatable bonds is 2. The van der Waals surface area contributed by atoms with Gasteiger partial charge in [0.05, 0.1) is 5.69 Å². The van der Waals surface area contributed by atoms with Gasteiger partial charge in [0, 0.05) is 31.7 Å². The Morgan fingerprint density at radius 1 is 1.14 bits per heavy atom. The molecule has 2 atom stereocenters. The first-order valence-corrected chi connectivity index (χ1v) is 7.14. The smallest absolute Gasteiger partial charge is 0.253 e. The summed E-state index contributed by atoms with van der Waals surface area (Å²) in [6.45, 7) is 3.80.